The molecule has 3 heteroatoms. The van der Waals surface area contributed by atoms with Gasteiger partial charge in [-0.3, -0.25) is 4.98 Å². The third kappa shape index (κ3) is 3.03. The van der Waals surface area contributed by atoms with Crippen LogP contribution in [-0.4, -0.2) is 30.8 Å². The normalized spacial score (nSPS) is 19.1. The lowest BCUT2D eigenvalue weighted by molar-refractivity contribution is 0.0527. The third-order valence-electron chi connectivity index (χ3n) is 4.23. The molecule has 1 aliphatic rings. The molecule has 0 spiro atoms. The first kappa shape index (κ1) is 14.3. The van der Waals surface area contributed by atoms with Crippen LogP contribution in [0.3, 0.4) is 0 Å². The summed E-state index contributed by atoms with van der Waals surface area (Å²) < 4.78 is 5.85. The van der Waals surface area contributed by atoms with Crippen molar-refractivity contribution in [3.8, 4) is 0 Å². The Labute approximate surface area is 126 Å². The van der Waals surface area contributed by atoms with E-state index in [-0.39, 0.29) is 0 Å². The number of benzene rings is 1. The van der Waals surface area contributed by atoms with Gasteiger partial charge in [-0.1, -0.05) is 25.1 Å². The van der Waals surface area contributed by atoms with Gasteiger partial charge in [-0.2, -0.15) is 0 Å². The predicted octanol–water partition coefficient (Wildman–Crippen LogP) is 3.80. The van der Waals surface area contributed by atoms with E-state index in [0.29, 0.717) is 6.10 Å². The van der Waals surface area contributed by atoms with E-state index in [1.807, 2.05) is 0 Å². The highest BCUT2D eigenvalue weighted by atomic mass is 16.5. The van der Waals surface area contributed by atoms with Crippen LogP contribution in [0.15, 0.2) is 30.3 Å². The van der Waals surface area contributed by atoms with Crippen molar-refractivity contribution in [3.05, 3.63) is 36.0 Å². The lowest BCUT2D eigenvalue weighted by Crippen LogP contribution is -2.39. The van der Waals surface area contributed by atoms with Gasteiger partial charge in [0.15, 0.2) is 0 Å². The Hall–Kier alpha value is -1.61. The molecule has 1 saturated heterocycles. The fraction of sp³-hybridized carbons (Fsp3) is 0.500. The molecule has 0 aliphatic carbocycles. The summed E-state index contributed by atoms with van der Waals surface area (Å²) in [6.45, 7) is 7.15. The van der Waals surface area contributed by atoms with Crippen molar-refractivity contribution in [1.82, 2.24) is 4.98 Å². The van der Waals surface area contributed by atoms with E-state index in [1.165, 1.54) is 29.6 Å². The molecule has 112 valence electrons. The van der Waals surface area contributed by atoms with Gasteiger partial charge >= 0.3 is 0 Å². The zero-order valence-electron chi connectivity index (χ0n) is 13.0. The molecule has 1 atom stereocenters. The Bertz CT molecular complexity index is 609. The minimum atomic E-state index is 0.362. The van der Waals surface area contributed by atoms with Gasteiger partial charge in [0.1, 0.15) is 0 Å². The number of para-hydroxylation sites is 1. The van der Waals surface area contributed by atoms with E-state index < -0.39 is 0 Å². The van der Waals surface area contributed by atoms with Gasteiger partial charge in [-0.05, 0) is 38.3 Å². The van der Waals surface area contributed by atoms with Gasteiger partial charge in [-0.25, -0.2) is 0 Å². The summed E-state index contributed by atoms with van der Waals surface area (Å²) >= 11 is 0. The zero-order chi connectivity index (χ0) is 14.7. The zero-order valence-corrected chi connectivity index (χ0v) is 13.0. The number of hydrogen-bond donors (Lipinski definition) is 0. The minimum Gasteiger partial charge on any atom is -0.377 e. The van der Waals surface area contributed by atoms with Crippen LogP contribution < -0.4 is 4.90 Å². The average molecular weight is 284 g/mol. The molecule has 0 radical (unpaired) electrons. The smallest absolute Gasteiger partial charge is 0.0750 e. The molecule has 0 amide bonds. The van der Waals surface area contributed by atoms with E-state index in [2.05, 4.69) is 49.1 Å². The Morgan fingerprint density at radius 2 is 2.14 bits per heavy atom. The number of ether oxygens (including phenoxy) is 1. The van der Waals surface area contributed by atoms with Crippen molar-refractivity contribution in [2.75, 3.05) is 24.6 Å². The van der Waals surface area contributed by atoms with Crippen LogP contribution >= 0.6 is 0 Å². The molecular weight excluding hydrogens is 260 g/mol. The van der Waals surface area contributed by atoms with Crippen LogP contribution in [0.4, 0.5) is 5.69 Å². The molecule has 1 fully saturated rings. The molecule has 1 unspecified atom stereocenters. The Balaban J connectivity index is 1.98. The van der Waals surface area contributed by atoms with E-state index >= 15 is 0 Å². The number of rotatable bonds is 4. The summed E-state index contributed by atoms with van der Waals surface area (Å²) in [5, 5.41) is 1.26. The van der Waals surface area contributed by atoms with Crippen LogP contribution in [0.5, 0.6) is 0 Å². The van der Waals surface area contributed by atoms with Crippen molar-refractivity contribution >= 4 is 16.6 Å². The third-order valence-corrected chi connectivity index (χ3v) is 4.23. The number of aromatic nitrogens is 1. The Morgan fingerprint density at radius 3 is 2.95 bits per heavy atom. The van der Waals surface area contributed by atoms with Crippen molar-refractivity contribution in [1.29, 1.82) is 0 Å². The maximum atomic E-state index is 5.85. The van der Waals surface area contributed by atoms with E-state index in [9.17, 15) is 0 Å². The number of aryl methyl sites for hydroxylation is 1. The van der Waals surface area contributed by atoms with Crippen molar-refractivity contribution in [2.24, 2.45) is 0 Å². The number of fused-ring (bicyclic) bond motifs is 1. The first-order valence-electron chi connectivity index (χ1n) is 8.07. The molecule has 0 bridgehead atoms. The fourth-order valence-electron chi connectivity index (χ4n) is 3.18. The van der Waals surface area contributed by atoms with Crippen LogP contribution in [0.1, 0.15) is 32.4 Å². The summed E-state index contributed by atoms with van der Waals surface area (Å²) in [7, 11) is 0. The first-order chi connectivity index (χ1) is 10.3. The lowest BCUT2D eigenvalue weighted by Gasteiger charge is -2.35. The highest BCUT2D eigenvalue weighted by Crippen LogP contribution is 2.29. The predicted molar refractivity (Wildman–Crippen MR) is 88.0 cm³/mol. The highest BCUT2D eigenvalue weighted by molar-refractivity contribution is 5.92. The Morgan fingerprint density at radius 1 is 1.29 bits per heavy atom. The molecule has 3 rings (SSSR count). The van der Waals surface area contributed by atoms with Crippen molar-refractivity contribution < 1.29 is 4.74 Å². The second kappa shape index (κ2) is 6.44. The molecule has 0 saturated carbocycles. The fourth-order valence-corrected chi connectivity index (χ4v) is 3.18. The number of hydrogen-bond acceptors (Lipinski definition) is 3. The standard InChI is InChI=1S/C18H24N2O/c1-3-14-12-18(16-9-5-6-10-17(16)19-14)20-11-7-8-15(13-20)21-4-2/h5-6,9-10,12,15H,3-4,7-8,11,13H2,1-2H3. The maximum Gasteiger partial charge on any atom is 0.0750 e. The minimum absolute atomic E-state index is 0.362. The second-order valence-corrected chi connectivity index (χ2v) is 5.67. The van der Waals surface area contributed by atoms with Crippen LogP contribution in [0.25, 0.3) is 10.9 Å². The molecule has 21 heavy (non-hydrogen) atoms. The van der Waals surface area contributed by atoms with Crippen LogP contribution in [0, 0.1) is 0 Å². The van der Waals surface area contributed by atoms with Crippen molar-refractivity contribution in [3.63, 3.8) is 0 Å². The van der Waals surface area contributed by atoms with Crippen molar-refractivity contribution in [2.45, 2.75) is 39.2 Å². The van der Waals surface area contributed by atoms with E-state index in [1.54, 1.807) is 0 Å². The summed E-state index contributed by atoms with van der Waals surface area (Å²) in [6, 6.07) is 10.7. The van der Waals surface area contributed by atoms with Gasteiger partial charge in [-0.15, -0.1) is 0 Å². The quantitative estimate of drug-likeness (QED) is 0.854. The van der Waals surface area contributed by atoms with Gasteiger partial charge in [0.05, 0.1) is 11.6 Å². The number of piperidine rings is 1. The molecule has 1 aliphatic heterocycles. The molecule has 2 aromatic rings. The molecule has 2 heterocycles. The molecule has 1 aromatic heterocycles. The summed E-state index contributed by atoms with van der Waals surface area (Å²) in [4.78, 5) is 7.23. The SMILES string of the molecule is CCOC1CCCN(c2cc(CC)nc3ccccc23)C1. The highest BCUT2D eigenvalue weighted by Gasteiger charge is 2.22. The van der Waals surface area contributed by atoms with Gasteiger partial charge in [0.2, 0.25) is 0 Å². The van der Waals surface area contributed by atoms with Gasteiger partial charge < -0.3 is 9.64 Å². The van der Waals surface area contributed by atoms with E-state index in [0.717, 1.165) is 31.6 Å². The Kier molecular flexibility index (Phi) is 4.39. The number of pyridine rings is 1. The average Bonchev–Trinajstić information content (AvgIpc) is 2.54. The molecule has 3 nitrogen and oxygen atoms in total. The summed E-state index contributed by atoms with van der Waals surface area (Å²) in [5.74, 6) is 0. The summed E-state index contributed by atoms with van der Waals surface area (Å²) in [5.41, 5.74) is 3.59. The second-order valence-electron chi connectivity index (χ2n) is 5.67. The van der Waals surface area contributed by atoms with Gasteiger partial charge in [0.25, 0.3) is 0 Å². The lowest BCUT2D eigenvalue weighted by atomic mass is 10.0. The number of anilines is 1. The first-order valence-corrected chi connectivity index (χ1v) is 8.07. The number of nitrogens with zero attached hydrogens (tertiary/aromatic N) is 2. The van der Waals surface area contributed by atoms with E-state index in [4.69, 9.17) is 9.72 Å². The van der Waals surface area contributed by atoms with Gasteiger partial charge in [0, 0.05) is 36.5 Å². The molecular formula is C18H24N2O. The van der Waals surface area contributed by atoms with Crippen LogP contribution in [-0.2, 0) is 11.2 Å². The topological polar surface area (TPSA) is 25.4 Å². The summed E-state index contributed by atoms with van der Waals surface area (Å²) in [6.07, 6.45) is 3.71. The monoisotopic (exact) mass is 284 g/mol. The largest absolute Gasteiger partial charge is 0.377 e. The molecule has 0 N–H and O–H groups in total. The maximum absolute atomic E-state index is 5.85. The van der Waals surface area contributed by atoms with Crippen LogP contribution in [0.2, 0.25) is 0 Å². The molecule has 1 aromatic carbocycles.